The zero-order chi connectivity index (χ0) is 18.7. The zero-order valence-corrected chi connectivity index (χ0v) is 14.0. The highest BCUT2D eigenvalue weighted by Gasteiger charge is 2.63. The van der Waals surface area contributed by atoms with Crippen molar-refractivity contribution < 1.29 is 35.9 Å². The summed E-state index contributed by atoms with van der Waals surface area (Å²) in [5.74, 6) is -3.43. The molecule has 2 aliphatic heterocycles. The SMILES string of the molecule is C=C(C)[C@]1(C)C[C@@H]2C(C(=O)OC)=C[C@H]1C(=O)N2S(=O)(=O)C(F)(F)F. The molecule has 24 heavy (non-hydrogen) atoms. The van der Waals surface area contributed by atoms with Gasteiger partial charge in [0, 0.05) is 5.41 Å². The van der Waals surface area contributed by atoms with E-state index in [0.717, 1.165) is 7.11 Å². The maximum absolute atomic E-state index is 12.9. The topological polar surface area (TPSA) is 80.8 Å². The van der Waals surface area contributed by atoms with E-state index in [1.54, 1.807) is 13.8 Å². The second-order valence-electron chi connectivity index (χ2n) is 6.09. The first-order valence-electron chi connectivity index (χ1n) is 6.89. The summed E-state index contributed by atoms with van der Waals surface area (Å²) < 4.78 is 66.8. The van der Waals surface area contributed by atoms with E-state index in [4.69, 9.17) is 0 Å². The van der Waals surface area contributed by atoms with Gasteiger partial charge < -0.3 is 4.74 Å². The number of fused-ring (bicyclic) bond motifs is 2. The Kier molecular flexibility index (Phi) is 4.11. The first-order chi connectivity index (χ1) is 10.8. The van der Waals surface area contributed by atoms with E-state index in [1.807, 2.05) is 0 Å². The van der Waals surface area contributed by atoms with Gasteiger partial charge in [-0.05, 0) is 13.3 Å². The fourth-order valence-electron chi connectivity index (χ4n) is 3.12. The predicted octanol–water partition coefficient (Wildman–Crippen LogP) is 1.75. The summed E-state index contributed by atoms with van der Waals surface area (Å²) in [7, 11) is -4.90. The van der Waals surface area contributed by atoms with Gasteiger partial charge in [0.05, 0.1) is 24.6 Å². The molecule has 0 aromatic carbocycles. The Morgan fingerprint density at radius 2 is 2.00 bits per heavy atom. The molecular formula is C14H16F3NO5S. The molecule has 0 N–H and O–H groups in total. The summed E-state index contributed by atoms with van der Waals surface area (Å²) in [6.45, 7) is 6.95. The Hall–Kier alpha value is -1.84. The van der Waals surface area contributed by atoms with E-state index in [9.17, 15) is 31.2 Å². The van der Waals surface area contributed by atoms with E-state index >= 15 is 0 Å². The molecule has 0 spiro atoms. The third-order valence-corrected chi connectivity index (χ3v) is 6.26. The number of allylic oxidation sites excluding steroid dienone is 1. The number of ether oxygens (including phenoxy) is 1. The molecule has 2 bridgehead atoms. The van der Waals surface area contributed by atoms with E-state index in [-0.39, 0.29) is 16.3 Å². The molecule has 2 heterocycles. The van der Waals surface area contributed by atoms with Crippen molar-refractivity contribution in [2.75, 3.05) is 7.11 Å². The largest absolute Gasteiger partial charge is 0.516 e. The van der Waals surface area contributed by atoms with Crippen LogP contribution in [0.5, 0.6) is 0 Å². The van der Waals surface area contributed by atoms with Crippen LogP contribution in [0.4, 0.5) is 13.2 Å². The quantitative estimate of drug-likeness (QED) is 0.561. The van der Waals surface area contributed by atoms with E-state index in [1.165, 1.54) is 6.08 Å². The van der Waals surface area contributed by atoms with E-state index in [2.05, 4.69) is 11.3 Å². The summed E-state index contributed by atoms with van der Waals surface area (Å²) in [6, 6.07) is -1.58. The molecule has 3 aliphatic rings. The first kappa shape index (κ1) is 18.5. The summed E-state index contributed by atoms with van der Waals surface area (Å²) in [5.41, 5.74) is -6.36. The summed E-state index contributed by atoms with van der Waals surface area (Å²) >= 11 is 0. The minimum atomic E-state index is -5.92. The van der Waals surface area contributed by atoms with Gasteiger partial charge in [0.25, 0.3) is 0 Å². The van der Waals surface area contributed by atoms with Crippen LogP contribution in [0, 0.1) is 11.3 Å². The minimum absolute atomic E-state index is 0.172. The van der Waals surface area contributed by atoms with Crippen LogP contribution in [0.1, 0.15) is 20.3 Å². The van der Waals surface area contributed by atoms with Crippen molar-refractivity contribution in [3.05, 3.63) is 23.8 Å². The van der Waals surface area contributed by atoms with Gasteiger partial charge in [-0.2, -0.15) is 21.6 Å². The van der Waals surface area contributed by atoms with E-state index < -0.39 is 44.8 Å². The van der Waals surface area contributed by atoms with Crippen LogP contribution in [-0.4, -0.2) is 43.3 Å². The molecule has 0 radical (unpaired) electrons. The number of methoxy groups -OCH3 is 1. The number of rotatable bonds is 3. The third kappa shape index (κ3) is 2.35. The predicted molar refractivity (Wildman–Crippen MR) is 76.7 cm³/mol. The number of carbonyl (C=O) groups excluding carboxylic acids is 2. The van der Waals surface area contributed by atoms with Gasteiger partial charge in [-0.15, -0.1) is 0 Å². The number of alkyl halides is 3. The molecule has 3 rings (SSSR count). The van der Waals surface area contributed by atoms with Crippen molar-refractivity contribution in [1.29, 1.82) is 0 Å². The van der Waals surface area contributed by atoms with Crippen LogP contribution >= 0.6 is 0 Å². The van der Waals surface area contributed by atoms with Crippen molar-refractivity contribution in [3.8, 4) is 0 Å². The second-order valence-corrected chi connectivity index (χ2v) is 7.90. The number of esters is 1. The van der Waals surface area contributed by atoms with Crippen LogP contribution in [0.2, 0.25) is 0 Å². The van der Waals surface area contributed by atoms with Crippen LogP contribution < -0.4 is 0 Å². The number of hydrogen-bond donors (Lipinski definition) is 0. The Balaban J connectivity index is 2.67. The number of nitrogens with zero attached hydrogens (tertiary/aromatic N) is 1. The summed E-state index contributed by atoms with van der Waals surface area (Å²) in [6.07, 6.45) is 1.02. The molecule has 0 aromatic heterocycles. The summed E-state index contributed by atoms with van der Waals surface area (Å²) in [5, 5.41) is 0. The van der Waals surface area contributed by atoms with Crippen molar-refractivity contribution in [3.63, 3.8) is 0 Å². The highest BCUT2D eigenvalue weighted by molar-refractivity contribution is 7.90. The Morgan fingerprint density at radius 3 is 2.42 bits per heavy atom. The number of sulfonamides is 1. The number of amides is 1. The lowest BCUT2D eigenvalue weighted by molar-refractivity contribution is -0.144. The number of piperidine rings is 1. The molecule has 3 atom stereocenters. The lowest BCUT2D eigenvalue weighted by atomic mass is 9.61. The Bertz CT molecular complexity index is 755. The average molecular weight is 367 g/mol. The molecule has 0 saturated carbocycles. The highest BCUT2D eigenvalue weighted by Crippen LogP contribution is 2.53. The average Bonchev–Trinajstić information content (AvgIpc) is 2.44. The molecule has 1 fully saturated rings. The van der Waals surface area contributed by atoms with Crippen molar-refractivity contribution >= 4 is 21.9 Å². The maximum atomic E-state index is 12.9. The fourth-order valence-corrected chi connectivity index (χ4v) is 4.21. The molecule has 1 aliphatic carbocycles. The zero-order valence-electron chi connectivity index (χ0n) is 13.2. The molecule has 0 unspecified atom stereocenters. The third-order valence-electron chi connectivity index (χ3n) is 4.72. The Morgan fingerprint density at radius 1 is 1.46 bits per heavy atom. The molecule has 1 amide bonds. The summed E-state index contributed by atoms with van der Waals surface area (Å²) in [4.78, 5) is 24.3. The van der Waals surface area contributed by atoms with E-state index in [0.29, 0.717) is 5.57 Å². The molecule has 10 heteroatoms. The first-order valence-corrected chi connectivity index (χ1v) is 8.33. The maximum Gasteiger partial charge on any atom is 0.516 e. The van der Waals surface area contributed by atoms with Gasteiger partial charge in [0.15, 0.2) is 0 Å². The Labute approximate surface area is 137 Å². The van der Waals surface area contributed by atoms with Crippen LogP contribution in [-0.2, 0) is 24.3 Å². The lowest BCUT2D eigenvalue weighted by Crippen LogP contribution is -2.63. The smallest absolute Gasteiger partial charge is 0.466 e. The van der Waals surface area contributed by atoms with Crippen LogP contribution in [0.25, 0.3) is 0 Å². The van der Waals surface area contributed by atoms with Gasteiger partial charge in [-0.25, -0.2) is 9.10 Å². The lowest BCUT2D eigenvalue weighted by Gasteiger charge is -2.52. The number of halogens is 3. The molecule has 6 nitrogen and oxygen atoms in total. The normalized spacial score (nSPS) is 30.2. The fraction of sp³-hybridized carbons (Fsp3) is 0.571. The van der Waals surface area contributed by atoms with Crippen LogP contribution in [0.15, 0.2) is 23.8 Å². The molecule has 1 saturated heterocycles. The van der Waals surface area contributed by atoms with Gasteiger partial charge in [0.2, 0.25) is 5.91 Å². The van der Waals surface area contributed by atoms with Crippen molar-refractivity contribution in [2.45, 2.75) is 31.8 Å². The van der Waals surface area contributed by atoms with Gasteiger partial charge in [-0.3, -0.25) is 4.79 Å². The second kappa shape index (κ2) is 5.33. The number of hydrogen-bond acceptors (Lipinski definition) is 5. The van der Waals surface area contributed by atoms with Gasteiger partial charge in [-0.1, -0.05) is 25.2 Å². The highest BCUT2D eigenvalue weighted by atomic mass is 32.2. The standard InChI is InChI=1S/C14H16F3NO5S/c1-7(2)13(3)6-10-8(12(20)23-4)5-9(13)11(19)18(10)24(21,22)14(15,16)17/h5,9-10H,1,6H2,2-4H3/t9-,10+,13-/m0/s1. The van der Waals surface area contributed by atoms with Crippen molar-refractivity contribution in [1.82, 2.24) is 4.31 Å². The number of carbonyl (C=O) groups is 2. The monoisotopic (exact) mass is 367 g/mol. The molecule has 134 valence electrons. The van der Waals surface area contributed by atoms with Gasteiger partial charge >= 0.3 is 21.5 Å². The minimum Gasteiger partial charge on any atom is -0.466 e. The van der Waals surface area contributed by atoms with Crippen LogP contribution in [0.3, 0.4) is 0 Å². The molecular weight excluding hydrogens is 351 g/mol. The molecule has 0 aromatic rings. The van der Waals surface area contributed by atoms with Crippen molar-refractivity contribution in [2.24, 2.45) is 11.3 Å². The van der Waals surface area contributed by atoms with Gasteiger partial charge in [0.1, 0.15) is 0 Å².